The molecule has 0 radical (unpaired) electrons. The Morgan fingerprint density at radius 3 is 1.48 bits per heavy atom. The minimum atomic E-state index is -4.60. The zero-order valence-electron chi connectivity index (χ0n) is 25.4. The lowest BCUT2D eigenvalue weighted by Gasteiger charge is -2.21. The number of imidazole rings is 2. The minimum absolute atomic E-state index is 0.212. The number of nitrogens with zero attached hydrogens (tertiary/aromatic N) is 9. The summed E-state index contributed by atoms with van der Waals surface area (Å²) in [4.78, 5) is 46.7. The molecule has 0 spiro atoms. The molecule has 0 saturated carbocycles. The maximum absolute atomic E-state index is 12.4. The van der Waals surface area contributed by atoms with E-state index in [1.165, 1.54) is 44.9 Å². The van der Waals surface area contributed by atoms with Crippen molar-refractivity contribution < 1.29 is 32.7 Å². The second-order valence-corrected chi connectivity index (χ2v) is 13.6. The Kier molecular flexibility index (Phi) is 12.7. The lowest BCUT2D eigenvalue weighted by atomic mass is 10.4. The van der Waals surface area contributed by atoms with Crippen molar-refractivity contribution in [1.29, 1.82) is 0 Å². The van der Waals surface area contributed by atoms with E-state index in [9.17, 15) is 18.9 Å². The summed E-state index contributed by atoms with van der Waals surface area (Å²) in [6.07, 6.45) is 2.71. The van der Waals surface area contributed by atoms with E-state index in [2.05, 4.69) is 59.9 Å². The van der Waals surface area contributed by atoms with Gasteiger partial charge in [-0.15, -0.1) is 0 Å². The van der Waals surface area contributed by atoms with Crippen LogP contribution < -0.4 is 11.5 Å². The number of nitrogen functional groups attached to an aromatic ring is 2. The monoisotopic (exact) mass is 657 g/mol. The van der Waals surface area contributed by atoms with E-state index in [1.54, 1.807) is 23.0 Å². The Bertz CT molecular complexity index is 1480. The molecule has 2 unspecified atom stereocenters. The summed E-state index contributed by atoms with van der Waals surface area (Å²) in [5.41, 5.74) is 13.3. The summed E-state index contributed by atoms with van der Waals surface area (Å²) in [5.74, 6) is 0.440. The quantitative estimate of drug-likeness (QED) is 0.134. The van der Waals surface area contributed by atoms with Gasteiger partial charge in [0.15, 0.2) is 22.9 Å². The molecular weight excluding hydrogens is 616 g/mol. The number of nitrogens with two attached hydrogens (primary N) is 2. The van der Waals surface area contributed by atoms with E-state index >= 15 is 0 Å². The Hall–Kier alpha value is -3.08. The van der Waals surface area contributed by atoms with Crippen molar-refractivity contribution in [2.75, 3.05) is 43.8 Å². The smallest absolute Gasteiger partial charge is 0.360 e. The van der Waals surface area contributed by atoms with Gasteiger partial charge in [-0.25, -0.2) is 34.2 Å². The Morgan fingerprint density at radius 2 is 1.14 bits per heavy atom. The maximum Gasteiger partial charge on any atom is 0.360 e. The van der Waals surface area contributed by atoms with Crippen molar-refractivity contribution in [3.8, 4) is 0 Å². The van der Waals surface area contributed by atoms with Gasteiger partial charge in [0.05, 0.1) is 38.0 Å². The van der Waals surface area contributed by atoms with Crippen LogP contribution in [-0.4, -0.2) is 98.3 Å². The maximum atomic E-state index is 12.4. The van der Waals surface area contributed by atoms with Gasteiger partial charge in [0.25, 0.3) is 0 Å². The van der Waals surface area contributed by atoms with Crippen LogP contribution in [0.1, 0.15) is 34.6 Å². The number of anilines is 2. The van der Waals surface area contributed by atoms with E-state index in [0.717, 1.165) is 0 Å². The Balaban J connectivity index is 0.000000676. The summed E-state index contributed by atoms with van der Waals surface area (Å²) in [6.45, 7) is 13.8. The molecule has 4 atom stereocenters. The first kappa shape index (κ1) is 35.4. The van der Waals surface area contributed by atoms with Crippen molar-refractivity contribution in [2.24, 2.45) is 0 Å². The van der Waals surface area contributed by atoms with Gasteiger partial charge in [-0.3, -0.25) is 9.13 Å². The molecule has 0 amide bonds. The van der Waals surface area contributed by atoms with Crippen LogP contribution in [0.3, 0.4) is 0 Å². The highest BCUT2D eigenvalue weighted by Crippen LogP contribution is 2.59. The lowest BCUT2D eigenvalue weighted by Crippen LogP contribution is -2.21. The predicted molar refractivity (Wildman–Crippen MR) is 164 cm³/mol. The number of hydrogen-bond donors (Lipinski definition) is 4. The fourth-order valence-electron chi connectivity index (χ4n) is 4.08. The van der Waals surface area contributed by atoms with Crippen LogP contribution in [0.25, 0.3) is 22.3 Å². The molecule has 0 saturated heterocycles. The number of ether oxygens (including phenoxy) is 2. The molecule has 4 heterocycles. The molecule has 6 N–H and O–H groups in total. The number of rotatable bonds is 15. The molecule has 0 aliphatic heterocycles. The van der Waals surface area contributed by atoms with Gasteiger partial charge in [-0.2, -0.15) is 0 Å². The highest BCUT2D eigenvalue weighted by molar-refractivity contribution is 7.66. The van der Waals surface area contributed by atoms with Crippen LogP contribution in [0, 0.1) is 0 Å². The van der Waals surface area contributed by atoms with Gasteiger partial charge in [0.2, 0.25) is 0 Å². The average molecular weight is 658 g/mol. The normalized spacial score (nSPS) is 15.9. The highest BCUT2D eigenvalue weighted by Gasteiger charge is 2.34. The van der Waals surface area contributed by atoms with E-state index in [0.29, 0.717) is 22.3 Å². The summed E-state index contributed by atoms with van der Waals surface area (Å²) in [7, 11) is -9.20. The molecule has 44 heavy (non-hydrogen) atoms. The third kappa shape index (κ3) is 9.97. The average Bonchev–Trinajstić information content (AvgIpc) is 3.57. The molecule has 0 aromatic carbocycles. The Morgan fingerprint density at radius 1 is 0.750 bits per heavy atom. The molecular formula is C24H41N11O7P2. The molecule has 20 heteroatoms. The topological polar surface area (TPSA) is 245 Å². The summed E-state index contributed by atoms with van der Waals surface area (Å²) in [6, 6.07) is 0. The Labute approximate surface area is 254 Å². The van der Waals surface area contributed by atoms with E-state index in [-0.39, 0.29) is 24.7 Å². The summed E-state index contributed by atoms with van der Waals surface area (Å²) < 4.78 is 43.5. The van der Waals surface area contributed by atoms with Gasteiger partial charge >= 0.3 is 15.2 Å². The second kappa shape index (κ2) is 15.8. The van der Waals surface area contributed by atoms with Gasteiger partial charge < -0.3 is 44.8 Å². The molecule has 4 aromatic heterocycles. The van der Waals surface area contributed by atoms with Crippen LogP contribution in [-0.2, 0) is 36.0 Å². The number of fused-ring (bicyclic) bond motifs is 2. The van der Waals surface area contributed by atoms with Gasteiger partial charge in [-0.05, 0) is 33.5 Å². The van der Waals surface area contributed by atoms with E-state index in [1.807, 2.05) is 0 Å². The zero-order chi connectivity index (χ0) is 32.5. The first-order valence-corrected chi connectivity index (χ1v) is 17.4. The van der Waals surface area contributed by atoms with Gasteiger partial charge in [0, 0.05) is 0 Å². The van der Waals surface area contributed by atoms with Crippen LogP contribution in [0.5, 0.6) is 0 Å². The standard InChI is InChI=1S/C18H26N10O7P2.C6H15N/c1-11(3-27-7-25-13-15(19)21-5-23-17(13)27)33-9-36(29,30)35-37(31,32)10-34-12(2)4-28-8-26-14-16(20)22-6-24-18(14)28;1-4-7(5-2)6-3/h5-8,11-12H,3-4,9-10H2,1-2H3,(H,29,30)(H,31,32)(H2,19,21,23)(H2,20,22,24);4-6H2,1-3H3/t11-,12-;/m1./s1. The minimum Gasteiger partial charge on any atom is -0.382 e. The molecule has 0 aliphatic rings. The van der Waals surface area contributed by atoms with E-state index in [4.69, 9.17) is 20.9 Å². The van der Waals surface area contributed by atoms with Crippen molar-refractivity contribution in [1.82, 2.24) is 43.9 Å². The fraction of sp³-hybridized carbons (Fsp3) is 0.583. The summed E-state index contributed by atoms with van der Waals surface area (Å²) in [5, 5.41) is 0. The molecule has 0 aliphatic carbocycles. The highest BCUT2D eigenvalue weighted by atomic mass is 31.3. The van der Waals surface area contributed by atoms with Gasteiger partial charge in [-0.1, -0.05) is 20.8 Å². The largest absolute Gasteiger partial charge is 0.382 e. The second-order valence-electron chi connectivity index (χ2n) is 9.84. The van der Waals surface area contributed by atoms with Gasteiger partial charge in [0.1, 0.15) is 36.4 Å². The van der Waals surface area contributed by atoms with Crippen molar-refractivity contribution in [2.45, 2.75) is 59.9 Å². The molecule has 244 valence electrons. The molecule has 18 nitrogen and oxygen atoms in total. The van der Waals surface area contributed by atoms with Crippen LogP contribution in [0.2, 0.25) is 0 Å². The molecule has 0 bridgehead atoms. The van der Waals surface area contributed by atoms with Crippen molar-refractivity contribution in [3.05, 3.63) is 25.3 Å². The fourth-order valence-corrected chi connectivity index (χ4v) is 6.94. The first-order chi connectivity index (χ1) is 20.8. The van der Waals surface area contributed by atoms with Crippen LogP contribution >= 0.6 is 15.2 Å². The van der Waals surface area contributed by atoms with E-state index < -0.39 is 40.1 Å². The lowest BCUT2D eigenvalue weighted by molar-refractivity contribution is 0.0695. The third-order valence-corrected chi connectivity index (χ3v) is 9.40. The molecule has 4 aromatic rings. The third-order valence-electron chi connectivity index (χ3n) is 6.41. The SMILES string of the molecule is CCN(CC)CC.C[C@H](Cn1cnc2c(N)ncnc21)OCP(=O)(O)OP(=O)(O)CO[C@H](C)Cn1cnc2c(N)ncnc21. The zero-order valence-corrected chi connectivity index (χ0v) is 27.2. The van der Waals surface area contributed by atoms with Crippen LogP contribution in [0.4, 0.5) is 11.6 Å². The van der Waals surface area contributed by atoms with Crippen molar-refractivity contribution in [3.63, 3.8) is 0 Å². The van der Waals surface area contributed by atoms with Crippen molar-refractivity contribution >= 4 is 49.2 Å². The predicted octanol–water partition coefficient (Wildman–Crippen LogP) is 2.29. The first-order valence-electron chi connectivity index (χ1n) is 13.9. The van der Waals surface area contributed by atoms with Crippen LogP contribution in [0.15, 0.2) is 25.3 Å². The number of aromatic nitrogens is 8. The molecule has 4 rings (SSSR count). The number of hydrogen-bond acceptors (Lipinski definition) is 14. The molecule has 0 fully saturated rings. The summed E-state index contributed by atoms with van der Waals surface area (Å²) >= 11 is 0.